The number of carbonyl (C=O) groups excluding carboxylic acids is 1. The summed E-state index contributed by atoms with van der Waals surface area (Å²) in [4.78, 5) is 13.2. The van der Waals surface area contributed by atoms with Gasteiger partial charge in [0.15, 0.2) is 0 Å². The third kappa shape index (κ3) is 7.71. The maximum absolute atomic E-state index is 13.2. The van der Waals surface area contributed by atoms with Crippen LogP contribution >= 0.6 is 9.24 Å². The molecule has 4 rings (SSSR count). The Labute approximate surface area is 273 Å². The van der Waals surface area contributed by atoms with Crippen LogP contribution in [-0.2, 0) is 50.2 Å². The number of phenolic OH excluding ortho intramolecular Hbond substituents is 2. The molecule has 2 unspecified atom stereocenters. The molecule has 0 spiro atoms. The number of carbonyl (C=O) groups is 1. The Morgan fingerprint density at radius 3 is 1.52 bits per heavy atom. The lowest BCUT2D eigenvalue weighted by Gasteiger charge is -2.26. The van der Waals surface area contributed by atoms with Crippen molar-refractivity contribution in [2.75, 3.05) is 28.4 Å². The van der Waals surface area contributed by atoms with Gasteiger partial charge in [0.2, 0.25) is 0 Å². The fraction of sp³-hybridized carbons (Fsp3) is 0.378. The van der Waals surface area contributed by atoms with Gasteiger partial charge in [-0.1, -0.05) is 51.1 Å². The molecule has 0 aromatic heterocycles. The normalized spacial score (nSPS) is 12.5. The fourth-order valence-corrected chi connectivity index (χ4v) is 5.76. The molecule has 2 N–H and O–H groups in total. The van der Waals surface area contributed by atoms with Crippen LogP contribution in [0.25, 0.3) is 10.8 Å². The predicted molar refractivity (Wildman–Crippen MR) is 183 cm³/mol. The lowest BCUT2D eigenvalue weighted by molar-refractivity contribution is -0.135. The van der Waals surface area contributed by atoms with Crippen molar-refractivity contribution in [3.05, 3.63) is 99.6 Å². The molecule has 0 saturated carbocycles. The molecule has 0 aliphatic rings. The van der Waals surface area contributed by atoms with Gasteiger partial charge in [0.1, 0.15) is 17.2 Å². The van der Waals surface area contributed by atoms with Crippen molar-refractivity contribution in [3.63, 3.8) is 0 Å². The van der Waals surface area contributed by atoms with Crippen molar-refractivity contribution in [2.45, 2.75) is 58.8 Å². The average Bonchev–Trinajstić information content (AvgIpc) is 3.01. The Balaban J connectivity index is 2.03. The summed E-state index contributed by atoms with van der Waals surface area (Å²) in [7, 11) is 8.94. The zero-order chi connectivity index (χ0) is 33.6. The van der Waals surface area contributed by atoms with Crippen LogP contribution in [0.15, 0.2) is 60.7 Å². The molecule has 0 saturated heterocycles. The molecule has 0 aliphatic heterocycles. The largest absolute Gasteiger partial charge is 0.507 e. The number of fused-ring (bicyclic) bond motifs is 1. The number of ether oxygens (including phenoxy) is 5. The van der Waals surface area contributed by atoms with E-state index in [1.807, 2.05) is 75.4 Å². The standard InChI is InChI=1S/C37H45O8P/c1-37(2,3)35(46)36(40)45-31-13-9-10-28-29(31)11-8-12-30(28)32(22-14-24(18-41-4)33(38)25(15-22)19-42-5)23-16-26(20-43-6)34(39)27(17-23)21-44-7/h8-17,32,35,38-39H,18-21,46H2,1-7H3. The van der Waals surface area contributed by atoms with E-state index in [1.54, 1.807) is 34.5 Å². The molecule has 9 heteroatoms. The van der Waals surface area contributed by atoms with Crippen LogP contribution in [0.5, 0.6) is 17.2 Å². The van der Waals surface area contributed by atoms with E-state index in [-0.39, 0.29) is 49.3 Å². The summed E-state index contributed by atoms with van der Waals surface area (Å²) in [6.45, 7) is 6.78. The lowest BCUT2D eigenvalue weighted by atomic mass is 9.80. The van der Waals surface area contributed by atoms with Crippen molar-refractivity contribution >= 4 is 26.0 Å². The summed E-state index contributed by atoms with van der Waals surface area (Å²) < 4.78 is 27.8. The third-order valence-corrected chi connectivity index (χ3v) is 9.34. The molecule has 8 nitrogen and oxygen atoms in total. The Hall–Kier alpha value is -3.52. The number of hydrogen-bond donors (Lipinski definition) is 2. The second-order valence-electron chi connectivity index (χ2n) is 12.5. The summed E-state index contributed by atoms with van der Waals surface area (Å²) in [5.41, 5.74) is 4.47. The minimum absolute atomic E-state index is 0.120. The second kappa shape index (κ2) is 15.4. The number of esters is 1. The fourth-order valence-electron chi connectivity index (χ4n) is 5.69. The Morgan fingerprint density at radius 2 is 1.11 bits per heavy atom. The summed E-state index contributed by atoms with van der Waals surface area (Å²) in [6.07, 6.45) is 0. The van der Waals surface area contributed by atoms with E-state index in [2.05, 4.69) is 9.24 Å². The topological polar surface area (TPSA) is 104 Å². The van der Waals surface area contributed by atoms with Crippen LogP contribution in [0.4, 0.5) is 0 Å². The van der Waals surface area contributed by atoms with Gasteiger partial charge in [-0.15, -0.1) is 9.24 Å². The van der Waals surface area contributed by atoms with E-state index in [0.717, 1.165) is 27.5 Å². The van der Waals surface area contributed by atoms with E-state index < -0.39 is 11.6 Å². The molecule has 4 aromatic rings. The second-order valence-corrected chi connectivity index (χ2v) is 13.2. The third-order valence-electron chi connectivity index (χ3n) is 8.07. The first-order chi connectivity index (χ1) is 21.9. The van der Waals surface area contributed by atoms with Crippen LogP contribution in [-0.4, -0.2) is 50.3 Å². The molecule has 0 aliphatic carbocycles. The minimum Gasteiger partial charge on any atom is -0.507 e. The molecule has 246 valence electrons. The van der Waals surface area contributed by atoms with Crippen LogP contribution in [0, 0.1) is 5.41 Å². The lowest BCUT2D eigenvalue weighted by Crippen LogP contribution is -2.32. The van der Waals surface area contributed by atoms with E-state index in [9.17, 15) is 15.0 Å². The van der Waals surface area contributed by atoms with Crippen molar-refractivity contribution in [1.29, 1.82) is 0 Å². The SMILES string of the molecule is COCc1cc(C(c2cc(COC)c(O)c(COC)c2)c2cccc3c(OC(=O)C(P)C(C)(C)C)cccc23)cc(COC)c1O. The number of methoxy groups -OCH3 is 4. The van der Waals surface area contributed by atoms with E-state index in [4.69, 9.17) is 23.7 Å². The van der Waals surface area contributed by atoms with Gasteiger partial charge in [0, 0.05) is 62.0 Å². The van der Waals surface area contributed by atoms with E-state index in [0.29, 0.717) is 28.0 Å². The molecule has 0 amide bonds. The zero-order valence-corrected chi connectivity index (χ0v) is 28.8. The van der Waals surface area contributed by atoms with Crippen LogP contribution in [0.3, 0.4) is 0 Å². The summed E-state index contributed by atoms with van der Waals surface area (Å²) in [6, 6.07) is 19.4. The van der Waals surface area contributed by atoms with Gasteiger partial charge < -0.3 is 33.9 Å². The van der Waals surface area contributed by atoms with Crippen molar-refractivity contribution in [1.82, 2.24) is 0 Å². The summed E-state index contributed by atoms with van der Waals surface area (Å²) in [5, 5.41) is 23.8. The first-order valence-corrected chi connectivity index (χ1v) is 15.8. The molecule has 0 fully saturated rings. The predicted octanol–water partition coefficient (Wildman–Crippen LogP) is 7.21. The number of hydrogen-bond acceptors (Lipinski definition) is 8. The Morgan fingerprint density at radius 1 is 0.696 bits per heavy atom. The van der Waals surface area contributed by atoms with Gasteiger partial charge in [-0.3, -0.25) is 4.79 Å². The molecule has 4 aromatic carbocycles. The van der Waals surface area contributed by atoms with Crippen LogP contribution in [0.2, 0.25) is 0 Å². The van der Waals surface area contributed by atoms with E-state index in [1.165, 1.54) is 0 Å². The Kier molecular flexibility index (Phi) is 11.8. The molecular formula is C37H45O8P. The highest BCUT2D eigenvalue weighted by molar-refractivity contribution is 7.19. The number of benzene rings is 4. The van der Waals surface area contributed by atoms with Gasteiger partial charge in [0.25, 0.3) is 0 Å². The van der Waals surface area contributed by atoms with Gasteiger partial charge in [-0.25, -0.2) is 0 Å². The molecule has 2 atom stereocenters. The molecule has 0 bridgehead atoms. The zero-order valence-electron chi connectivity index (χ0n) is 27.7. The molecule has 46 heavy (non-hydrogen) atoms. The van der Waals surface area contributed by atoms with Gasteiger partial charge in [-0.05, 0) is 57.8 Å². The van der Waals surface area contributed by atoms with Crippen molar-refractivity contribution in [3.8, 4) is 17.2 Å². The summed E-state index contributed by atoms with van der Waals surface area (Å²) >= 11 is 0. The molecule has 0 heterocycles. The quantitative estimate of drug-likeness (QED) is 0.0679. The van der Waals surface area contributed by atoms with E-state index >= 15 is 0 Å². The molecule has 0 radical (unpaired) electrons. The highest BCUT2D eigenvalue weighted by atomic mass is 31.0. The smallest absolute Gasteiger partial charge is 0.318 e. The maximum Gasteiger partial charge on any atom is 0.318 e. The maximum atomic E-state index is 13.2. The monoisotopic (exact) mass is 648 g/mol. The highest BCUT2D eigenvalue weighted by Gasteiger charge is 2.30. The van der Waals surface area contributed by atoms with Crippen molar-refractivity contribution in [2.24, 2.45) is 5.41 Å². The summed E-state index contributed by atoms with van der Waals surface area (Å²) in [5.74, 6) is -0.00954. The van der Waals surface area contributed by atoms with Gasteiger partial charge in [0.05, 0.1) is 32.1 Å². The van der Waals surface area contributed by atoms with Crippen LogP contribution in [0.1, 0.15) is 65.6 Å². The first-order valence-electron chi connectivity index (χ1n) is 15.1. The minimum atomic E-state index is -0.399. The number of rotatable bonds is 13. The number of phenols is 2. The van der Waals surface area contributed by atoms with Gasteiger partial charge in [-0.2, -0.15) is 0 Å². The number of aromatic hydroxyl groups is 2. The Bertz CT molecular complexity index is 1560. The van der Waals surface area contributed by atoms with Gasteiger partial charge >= 0.3 is 5.97 Å². The highest BCUT2D eigenvalue weighted by Crippen LogP contribution is 2.43. The first kappa shape index (κ1) is 35.3. The van der Waals surface area contributed by atoms with Crippen LogP contribution < -0.4 is 4.74 Å². The van der Waals surface area contributed by atoms with Crippen molar-refractivity contribution < 1.29 is 38.7 Å². The average molecular weight is 649 g/mol. The molecular weight excluding hydrogens is 603 g/mol.